The van der Waals surface area contributed by atoms with Crippen LogP contribution in [0.2, 0.25) is 0 Å². The molecule has 2 aromatic carbocycles. The number of alkyl carbamates (subject to hydrolysis) is 2. The number of nitrogens with zero attached hydrogens (tertiary/aromatic N) is 4. The van der Waals surface area contributed by atoms with E-state index in [9.17, 15) is 19.2 Å². The third-order valence-corrected chi connectivity index (χ3v) is 9.68. The lowest BCUT2D eigenvalue weighted by Crippen LogP contribution is -2.48. The highest BCUT2D eigenvalue weighted by Crippen LogP contribution is 2.35. The van der Waals surface area contributed by atoms with Crippen molar-refractivity contribution in [2.75, 3.05) is 27.3 Å². The number of aromatic amines is 2. The van der Waals surface area contributed by atoms with Crippen LogP contribution in [0.3, 0.4) is 0 Å². The van der Waals surface area contributed by atoms with Crippen LogP contribution in [0, 0.1) is 0 Å². The highest BCUT2D eigenvalue weighted by atomic mass is 16.5. The number of carbonyl (C=O) groups excluding carboxylic acids is 4. The SMILES string of the molecule is C=CCC(NC(=O)OC)C(=O)N1CCCC1c1ncc(-c2ccc(-c3ccc4nc(C5CCCN5C(=O)C(CC=C)NC(=O)OC)[nH]c4c3)cc2)[nH]1. The Kier molecular flexibility index (Phi) is 11.0. The number of aromatic nitrogens is 4. The fourth-order valence-corrected chi connectivity index (χ4v) is 7.07. The number of likely N-dealkylation sites (tertiary alicyclic amines) is 2. The Bertz CT molecular complexity index is 1950. The summed E-state index contributed by atoms with van der Waals surface area (Å²) >= 11 is 0. The number of imidazole rings is 2. The number of nitrogens with one attached hydrogen (secondary N) is 4. The van der Waals surface area contributed by atoms with Crippen molar-refractivity contribution in [3.8, 4) is 22.4 Å². The summed E-state index contributed by atoms with van der Waals surface area (Å²) < 4.78 is 9.43. The van der Waals surface area contributed by atoms with E-state index in [1.807, 2.05) is 36.4 Å². The first-order chi connectivity index (χ1) is 25.2. The quantitative estimate of drug-likeness (QED) is 0.139. The van der Waals surface area contributed by atoms with Gasteiger partial charge in [0.05, 0.1) is 49.2 Å². The lowest BCUT2D eigenvalue weighted by molar-refractivity contribution is -0.135. The van der Waals surface area contributed by atoms with Crippen molar-refractivity contribution in [2.24, 2.45) is 0 Å². The van der Waals surface area contributed by atoms with Gasteiger partial charge in [-0.3, -0.25) is 9.59 Å². The van der Waals surface area contributed by atoms with Crippen LogP contribution in [0.25, 0.3) is 33.4 Å². The number of ether oxygens (including phenoxy) is 2. The zero-order valence-corrected chi connectivity index (χ0v) is 29.4. The van der Waals surface area contributed by atoms with Crippen LogP contribution < -0.4 is 10.6 Å². The van der Waals surface area contributed by atoms with Gasteiger partial charge in [-0.1, -0.05) is 42.5 Å². The number of benzene rings is 2. The lowest BCUT2D eigenvalue weighted by atomic mass is 10.0. The molecule has 4 aromatic rings. The fourth-order valence-electron chi connectivity index (χ4n) is 7.07. The molecule has 272 valence electrons. The molecule has 2 saturated heterocycles. The van der Waals surface area contributed by atoms with Crippen LogP contribution in [0.5, 0.6) is 0 Å². The maximum atomic E-state index is 13.5. The van der Waals surface area contributed by atoms with Crippen molar-refractivity contribution in [2.45, 2.75) is 62.7 Å². The van der Waals surface area contributed by atoms with Gasteiger partial charge in [0.15, 0.2) is 0 Å². The summed E-state index contributed by atoms with van der Waals surface area (Å²) in [5, 5.41) is 5.24. The maximum Gasteiger partial charge on any atom is 0.407 e. The fraction of sp³-hybridized carbons (Fsp3) is 0.368. The van der Waals surface area contributed by atoms with Crippen LogP contribution >= 0.6 is 0 Å². The molecule has 4 unspecified atom stereocenters. The third kappa shape index (κ3) is 7.55. The molecule has 0 aliphatic carbocycles. The Hall–Kier alpha value is -5.92. The van der Waals surface area contributed by atoms with E-state index in [1.165, 1.54) is 14.2 Å². The molecule has 0 spiro atoms. The Morgan fingerprint density at radius 2 is 1.35 bits per heavy atom. The van der Waals surface area contributed by atoms with Crippen molar-refractivity contribution in [3.63, 3.8) is 0 Å². The molecule has 4 amide bonds. The van der Waals surface area contributed by atoms with Crippen molar-refractivity contribution in [1.82, 2.24) is 40.4 Å². The largest absolute Gasteiger partial charge is 0.453 e. The van der Waals surface area contributed by atoms with Gasteiger partial charge in [-0.05, 0) is 67.3 Å². The van der Waals surface area contributed by atoms with Crippen molar-refractivity contribution in [1.29, 1.82) is 0 Å². The monoisotopic (exact) mass is 708 g/mol. The van der Waals surface area contributed by atoms with Crippen molar-refractivity contribution < 1.29 is 28.7 Å². The Morgan fingerprint density at radius 1 is 0.808 bits per heavy atom. The second-order valence-electron chi connectivity index (χ2n) is 12.9. The first-order valence-corrected chi connectivity index (χ1v) is 17.4. The summed E-state index contributed by atoms with van der Waals surface area (Å²) in [6.07, 6.45) is 7.39. The zero-order chi connectivity index (χ0) is 36.8. The highest BCUT2D eigenvalue weighted by Gasteiger charge is 2.37. The number of H-pyrrole nitrogens is 2. The summed E-state index contributed by atoms with van der Waals surface area (Å²) in [6.45, 7) is 8.58. The molecule has 4 atom stereocenters. The standard InChI is InChI=1S/C38H44N8O6/c1-5-9-27(43-37(49)51-3)35(47)45-19-7-11-31(45)33-39-22-30(42-33)24-15-13-23(14-16-24)25-17-18-26-29(21-25)41-34(40-26)32-12-8-20-46(32)36(48)28(10-6-2)44-38(50)52-4/h5-6,13-18,21-22,27-28,31-32H,1-2,7-12,19-20H2,3-4H3,(H,39,42)(H,40,41)(H,43,49)(H,44,50). The molecule has 0 radical (unpaired) electrons. The molecule has 2 aromatic heterocycles. The minimum atomic E-state index is -0.767. The predicted molar refractivity (Wildman–Crippen MR) is 195 cm³/mol. The van der Waals surface area contributed by atoms with Gasteiger partial charge in [-0.2, -0.15) is 0 Å². The average molecular weight is 709 g/mol. The Balaban J connectivity index is 1.15. The molecule has 2 aliphatic rings. The average Bonchev–Trinajstić information content (AvgIpc) is 3.99. The summed E-state index contributed by atoms with van der Waals surface area (Å²) in [5.74, 6) is 1.00. The maximum absolute atomic E-state index is 13.5. The van der Waals surface area contributed by atoms with Gasteiger partial charge in [0, 0.05) is 13.1 Å². The Morgan fingerprint density at radius 3 is 1.90 bits per heavy atom. The van der Waals surface area contributed by atoms with Crippen LogP contribution in [0.4, 0.5) is 9.59 Å². The molecule has 6 rings (SSSR count). The van der Waals surface area contributed by atoms with E-state index in [0.717, 1.165) is 59.1 Å². The molecule has 4 heterocycles. The van der Waals surface area contributed by atoms with Gasteiger partial charge in [0.25, 0.3) is 0 Å². The van der Waals surface area contributed by atoms with E-state index >= 15 is 0 Å². The second-order valence-corrected chi connectivity index (χ2v) is 12.9. The molecule has 0 saturated carbocycles. The van der Waals surface area contributed by atoms with Gasteiger partial charge in [-0.25, -0.2) is 19.6 Å². The Labute approximate surface area is 301 Å². The number of methoxy groups -OCH3 is 2. The summed E-state index contributed by atoms with van der Waals surface area (Å²) in [7, 11) is 2.53. The van der Waals surface area contributed by atoms with Gasteiger partial charge < -0.3 is 39.9 Å². The van der Waals surface area contributed by atoms with Gasteiger partial charge in [-0.15, -0.1) is 13.2 Å². The molecule has 52 heavy (non-hydrogen) atoms. The van der Waals surface area contributed by atoms with Crippen molar-refractivity contribution in [3.05, 3.63) is 85.6 Å². The van der Waals surface area contributed by atoms with E-state index in [4.69, 9.17) is 14.5 Å². The molecule has 14 nitrogen and oxygen atoms in total. The molecular weight excluding hydrogens is 664 g/mol. The smallest absolute Gasteiger partial charge is 0.407 e. The number of amides is 4. The minimum absolute atomic E-state index is 0.197. The summed E-state index contributed by atoms with van der Waals surface area (Å²) in [6, 6.07) is 12.2. The number of hydrogen-bond donors (Lipinski definition) is 4. The van der Waals surface area contributed by atoms with Crippen molar-refractivity contribution >= 4 is 35.0 Å². The number of fused-ring (bicyclic) bond motifs is 1. The molecule has 0 bridgehead atoms. The van der Waals surface area contributed by atoms with Crippen LogP contribution in [0.1, 0.15) is 62.3 Å². The van der Waals surface area contributed by atoms with E-state index in [1.54, 1.807) is 28.1 Å². The van der Waals surface area contributed by atoms with E-state index in [0.29, 0.717) is 24.7 Å². The van der Waals surface area contributed by atoms with Gasteiger partial charge in [0.1, 0.15) is 23.7 Å². The first kappa shape index (κ1) is 35.9. The number of rotatable bonds is 12. The first-order valence-electron chi connectivity index (χ1n) is 17.4. The normalized spacial score (nSPS) is 18.1. The van der Waals surface area contributed by atoms with Crippen LogP contribution in [-0.2, 0) is 19.1 Å². The number of hydrogen-bond acceptors (Lipinski definition) is 8. The van der Waals surface area contributed by atoms with E-state index in [2.05, 4.69) is 44.8 Å². The molecule has 14 heteroatoms. The molecular formula is C38H44N8O6. The molecule has 4 N–H and O–H groups in total. The van der Waals surface area contributed by atoms with Crippen LogP contribution in [-0.4, -0.2) is 93.1 Å². The highest BCUT2D eigenvalue weighted by molar-refractivity contribution is 5.87. The zero-order valence-electron chi connectivity index (χ0n) is 29.4. The summed E-state index contributed by atoms with van der Waals surface area (Å²) in [4.78, 5) is 70.5. The molecule has 2 aliphatic heterocycles. The predicted octanol–water partition coefficient (Wildman–Crippen LogP) is 5.55. The minimum Gasteiger partial charge on any atom is -0.453 e. The van der Waals surface area contributed by atoms with E-state index in [-0.39, 0.29) is 36.7 Å². The van der Waals surface area contributed by atoms with Gasteiger partial charge >= 0.3 is 12.2 Å². The number of carbonyl (C=O) groups is 4. The topological polar surface area (TPSA) is 175 Å². The van der Waals surface area contributed by atoms with Gasteiger partial charge in [0.2, 0.25) is 11.8 Å². The van der Waals surface area contributed by atoms with Crippen LogP contribution in [0.15, 0.2) is 74.0 Å². The lowest BCUT2D eigenvalue weighted by Gasteiger charge is -2.27. The van der Waals surface area contributed by atoms with E-state index < -0.39 is 24.3 Å². The third-order valence-electron chi connectivity index (χ3n) is 9.68. The second kappa shape index (κ2) is 16.0. The molecule has 2 fully saturated rings. The summed E-state index contributed by atoms with van der Waals surface area (Å²) in [5.41, 5.74) is 5.45.